The van der Waals surface area contributed by atoms with Gasteiger partial charge in [-0.1, -0.05) is 0 Å². The van der Waals surface area contributed by atoms with Gasteiger partial charge >= 0.3 is 6.61 Å². The molecule has 2 heterocycles. The molecule has 3 aromatic rings. The minimum Gasteiger partial charge on any atom is -0.493 e. The number of hydrogen-bond acceptors (Lipinski definition) is 6. The molecule has 2 aromatic heterocycles. The largest absolute Gasteiger partial charge is 0.493 e. The Kier molecular flexibility index (Phi) is 4.29. The van der Waals surface area contributed by atoms with E-state index < -0.39 is 18.1 Å². The zero-order valence-electron chi connectivity index (χ0n) is 12.7. The number of amides is 1. The zero-order valence-corrected chi connectivity index (χ0v) is 12.7. The third-order valence-corrected chi connectivity index (χ3v) is 3.22. The van der Waals surface area contributed by atoms with Crippen LogP contribution in [-0.4, -0.2) is 39.8 Å². The molecule has 1 amide bonds. The normalized spacial score (nSPS) is 10.9. The molecule has 11 heteroatoms. The Labute approximate surface area is 138 Å². The molecule has 130 valence electrons. The minimum absolute atomic E-state index is 0.00428. The number of anilines is 1. The summed E-state index contributed by atoms with van der Waals surface area (Å²) >= 11 is 0. The Morgan fingerprint density at radius 1 is 1.32 bits per heavy atom. The van der Waals surface area contributed by atoms with E-state index in [-0.39, 0.29) is 33.9 Å². The number of nitrogens with one attached hydrogen (secondary N) is 3. The van der Waals surface area contributed by atoms with Gasteiger partial charge in [-0.25, -0.2) is 4.98 Å². The maximum absolute atomic E-state index is 12.3. The summed E-state index contributed by atoms with van der Waals surface area (Å²) in [7, 11) is 1.27. The van der Waals surface area contributed by atoms with Crippen molar-refractivity contribution in [2.75, 3.05) is 12.4 Å². The third kappa shape index (κ3) is 3.24. The first-order chi connectivity index (χ1) is 12.0. The number of H-pyrrole nitrogens is 2. The fourth-order valence-corrected chi connectivity index (χ4v) is 2.16. The van der Waals surface area contributed by atoms with Gasteiger partial charge in [0.05, 0.1) is 13.4 Å². The molecule has 0 aliphatic carbocycles. The van der Waals surface area contributed by atoms with Gasteiger partial charge in [0.2, 0.25) is 0 Å². The van der Waals surface area contributed by atoms with E-state index in [1.807, 2.05) is 0 Å². The topological polar surface area (TPSA) is 122 Å². The molecular formula is C14H11F2N5O4. The lowest BCUT2D eigenvalue weighted by Crippen LogP contribution is -2.16. The van der Waals surface area contributed by atoms with Crippen molar-refractivity contribution >= 4 is 22.6 Å². The molecule has 0 aliphatic rings. The molecule has 3 rings (SSSR count). The summed E-state index contributed by atoms with van der Waals surface area (Å²) in [6, 6.07) is 3.87. The van der Waals surface area contributed by atoms with Crippen molar-refractivity contribution in [3.63, 3.8) is 0 Å². The molecule has 0 radical (unpaired) electrons. The quantitative estimate of drug-likeness (QED) is 0.640. The summed E-state index contributed by atoms with van der Waals surface area (Å²) in [6.45, 7) is -3.01. The van der Waals surface area contributed by atoms with Crippen molar-refractivity contribution in [2.45, 2.75) is 6.61 Å². The van der Waals surface area contributed by atoms with Crippen LogP contribution in [0.4, 0.5) is 14.5 Å². The summed E-state index contributed by atoms with van der Waals surface area (Å²) in [4.78, 5) is 30.4. The van der Waals surface area contributed by atoms with Gasteiger partial charge in [-0.15, -0.1) is 0 Å². The van der Waals surface area contributed by atoms with Gasteiger partial charge in [0.15, 0.2) is 17.1 Å². The molecule has 1 aromatic carbocycles. The van der Waals surface area contributed by atoms with Crippen molar-refractivity contribution in [2.24, 2.45) is 0 Å². The number of methoxy groups -OCH3 is 1. The van der Waals surface area contributed by atoms with Gasteiger partial charge in [-0.05, 0) is 12.1 Å². The number of fused-ring (bicyclic) bond motifs is 1. The number of benzene rings is 1. The predicted molar refractivity (Wildman–Crippen MR) is 82.1 cm³/mol. The zero-order chi connectivity index (χ0) is 18.0. The van der Waals surface area contributed by atoms with E-state index in [0.29, 0.717) is 0 Å². The number of alkyl halides is 2. The third-order valence-electron chi connectivity index (χ3n) is 3.22. The van der Waals surface area contributed by atoms with Crippen LogP contribution in [0.3, 0.4) is 0 Å². The maximum atomic E-state index is 12.3. The molecule has 0 atom stereocenters. The second kappa shape index (κ2) is 6.55. The summed E-state index contributed by atoms with van der Waals surface area (Å²) in [5, 5.41) is 8.73. The van der Waals surface area contributed by atoms with E-state index in [2.05, 4.69) is 30.2 Å². The van der Waals surface area contributed by atoms with E-state index in [4.69, 9.17) is 4.74 Å². The molecule has 0 bridgehead atoms. The van der Waals surface area contributed by atoms with E-state index in [1.165, 1.54) is 31.6 Å². The average molecular weight is 351 g/mol. The SMILES string of the molecule is COc1cc(NC(=O)c2[nH]nc3nc[nH]c(=O)c23)ccc1OC(F)F. The molecule has 3 N–H and O–H groups in total. The number of carbonyl (C=O) groups excluding carboxylic acids is 1. The van der Waals surface area contributed by atoms with Crippen LogP contribution < -0.4 is 20.3 Å². The van der Waals surface area contributed by atoms with Crippen LogP contribution in [0, 0.1) is 0 Å². The summed E-state index contributed by atoms with van der Waals surface area (Å²) < 4.78 is 33.9. The van der Waals surface area contributed by atoms with Crippen LogP contribution >= 0.6 is 0 Å². The van der Waals surface area contributed by atoms with Gasteiger partial charge < -0.3 is 19.8 Å². The number of ether oxygens (including phenoxy) is 2. The smallest absolute Gasteiger partial charge is 0.387 e. The lowest BCUT2D eigenvalue weighted by molar-refractivity contribution is -0.0512. The van der Waals surface area contributed by atoms with E-state index in [1.54, 1.807) is 0 Å². The molecule has 0 saturated heterocycles. The number of aromatic amines is 2. The average Bonchev–Trinajstić information content (AvgIpc) is 3.01. The fourth-order valence-electron chi connectivity index (χ4n) is 2.16. The Bertz CT molecular complexity index is 985. The number of aromatic nitrogens is 4. The molecule has 0 unspecified atom stereocenters. The molecule has 0 fully saturated rings. The molecule has 0 spiro atoms. The lowest BCUT2D eigenvalue weighted by atomic mass is 10.2. The van der Waals surface area contributed by atoms with Crippen LogP contribution in [0.15, 0.2) is 29.3 Å². The monoisotopic (exact) mass is 351 g/mol. The van der Waals surface area contributed by atoms with Crippen LogP contribution in [0.25, 0.3) is 11.0 Å². The molecule has 0 aliphatic heterocycles. The molecule has 25 heavy (non-hydrogen) atoms. The molecule has 9 nitrogen and oxygen atoms in total. The van der Waals surface area contributed by atoms with Crippen molar-refractivity contribution in [3.8, 4) is 11.5 Å². The van der Waals surface area contributed by atoms with Crippen LogP contribution in [-0.2, 0) is 0 Å². The maximum Gasteiger partial charge on any atom is 0.387 e. The number of halogens is 2. The number of nitrogens with zero attached hydrogens (tertiary/aromatic N) is 2. The highest BCUT2D eigenvalue weighted by Gasteiger charge is 2.18. The number of carbonyl (C=O) groups is 1. The Hall–Kier alpha value is -3.50. The van der Waals surface area contributed by atoms with Crippen molar-refractivity contribution in [3.05, 3.63) is 40.6 Å². The standard InChI is InChI=1S/C14H11F2N5O4/c1-24-8-4-6(2-3-7(8)25-14(15)16)19-13(23)10-9-11(21-20-10)17-5-18-12(9)22/h2-5,14H,1H3,(H,19,23)(H2,17,18,20,21,22). The first-order valence-corrected chi connectivity index (χ1v) is 6.85. The van der Waals surface area contributed by atoms with Crippen LogP contribution in [0.1, 0.15) is 10.5 Å². The first-order valence-electron chi connectivity index (χ1n) is 6.85. The van der Waals surface area contributed by atoms with Crippen molar-refractivity contribution in [1.29, 1.82) is 0 Å². The van der Waals surface area contributed by atoms with Gasteiger partial charge in [0.25, 0.3) is 11.5 Å². The summed E-state index contributed by atoms with van der Waals surface area (Å²) in [5.74, 6) is -0.833. The fraction of sp³-hybridized carbons (Fsp3) is 0.143. The van der Waals surface area contributed by atoms with Gasteiger partial charge in [0, 0.05) is 11.8 Å². The van der Waals surface area contributed by atoms with Crippen molar-refractivity contribution < 1.29 is 23.0 Å². The Morgan fingerprint density at radius 2 is 2.12 bits per heavy atom. The summed E-state index contributed by atoms with van der Waals surface area (Å²) in [6.07, 6.45) is 1.17. The van der Waals surface area contributed by atoms with E-state index >= 15 is 0 Å². The second-order valence-electron chi connectivity index (χ2n) is 4.73. The summed E-state index contributed by atoms with van der Waals surface area (Å²) in [5.41, 5.74) is -0.280. The first kappa shape index (κ1) is 16.4. The van der Waals surface area contributed by atoms with Crippen LogP contribution in [0.5, 0.6) is 11.5 Å². The van der Waals surface area contributed by atoms with E-state index in [0.717, 1.165) is 0 Å². The second-order valence-corrected chi connectivity index (χ2v) is 4.73. The number of rotatable bonds is 5. The number of hydrogen-bond donors (Lipinski definition) is 3. The van der Waals surface area contributed by atoms with Gasteiger partial charge in [-0.2, -0.15) is 13.9 Å². The molecule has 0 saturated carbocycles. The minimum atomic E-state index is -3.01. The predicted octanol–water partition coefficient (Wildman–Crippen LogP) is 1.51. The Morgan fingerprint density at radius 3 is 2.84 bits per heavy atom. The molecular weight excluding hydrogens is 340 g/mol. The Balaban J connectivity index is 1.89. The van der Waals surface area contributed by atoms with Crippen LogP contribution in [0.2, 0.25) is 0 Å². The lowest BCUT2D eigenvalue weighted by Gasteiger charge is -2.11. The van der Waals surface area contributed by atoms with E-state index in [9.17, 15) is 18.4 Å². The van der Waals surface area contributed by atoms with Crippen molar-refractivity contribution in [1.82, 2.24) is 20.2 Å². The highest BCUT2D eigenvalue weighted by Crippen LogP contribution is 2.31. The highest BCUT2D eigenvalue weighted by atomic mass is 19.3. The van der Waals surface area contributed by atoms with Gasteiger partial charge in [-0.3, -0.25) is 14.7 Å². The highest BCUT2D eigenvalue weighted by molar-refractivity contribution is 6.10. The van der Waals surface area contributed by atoms with Gasteiger partial charge in [0.1, 0.15) is 11.1 Å².